The van der Waals surface area contributed by atoms with Crippen molar-refractivity contribution < 1.29 is 4.79 Å². The van der Waals surface area contributed by atoms with Gasteiger partial charge < -0.3 is 14.9 Å². The number of hydrogen-bond acceptors (Lipinski definition) is 3. The summed E-state index contributed by atoms with van der Waals surface area (Å²) in [6, 6.07) is 16.3. The number of allylic oxidation sites excluding steroid dienone is 2. The first-order valence-corrected chi connectivity index (χ1v) is 10.1. The summed E-state index contributed by atoms with van der Waals surface area (Å²) in [5, 5.41) is 4.65. The van der Waals surface area contributed by atoms with Gasteiger partial charge in [0.25, 0.3) is 0 Å². The Morgan fingerprint density at radius 3 is 2.79 bits per heavy atom. The number of carbonyl (C=O) groups excluding carboxylic acids is 1. The maximum Gasteiger partial charge on any atom is 0.208 e. The minimum Gasteiger partial charge on any atom is -0.361 e. The fourth-order valence-electron chi connectivity index (χ4n) is 5.10. The standard InChI is InChI=1S/C24H22N4O/c1-24(2)11-18-21(20(29)12-24)22(15-13-25-16-8-4-3-7-14(15)16)28-19-10-6-5-9-17(19)26-23(28)27-18/h3-11,13,21-22,25H,12H2,1-2H3,(H,26,27)/t21-,22-/m1/s1. The van der Waals surface area contributed by atoms with Gasteiger partial charge in [-0.2, -0.15) is 0 Å². The largest absolute Gasteiger partial charge is 0.361 e. The number of ketones is 1. The molecule has 4 aromatic rings. The van der Waals surface area contributed by atoms with Crippen LogP contribution in [-0.4, -0.2) is 20.3 Å². The zero-order valence-corrected chi connectivity index (χ0v) is 16.4. The van der Waals surface area contributed by atoms with Gasteiger partial charge in [-0.15, -0.1) is 0 Å². The monoisotopic (exact) mass is 382 g/mol. The summed E-state index contributed by atoms with van der Waals surface area (Å²) in [5.74, 6) is 0.834. The highest BCUT2D eigenvalue weighted by Crippen LogP contribution is 2.48. The van der Waals surface area contributed by atoms with Crippen molar-refractivity contribution in [2.75, 3.05) is 5.32 Å². The van der Waals surface area contributed by atoms with Crippen LogP contribution in [0.5, 0.6) is 0 Å². The van der Waals surface area contributed by atoms with Gasteiger partial charge in [0.15, 0.2) is 0 Å². The molecule has 1 aliphatic carbocycles. The van der Waals surface area contributed by atoms with E-state index in [0.29, 0.717) is 6.42 Å². The minimum atomic E-state index is -0.243. The molecule has 0 saturated carbocycles. The molecule has 0 saturated heterocycles. The van der Waals surface area contributed by atoms with Crippen LogP contribution in [0, 0.1) is 11.3 Å². The van der Waals surface area contributed by atoms with Gasteiger partial charge >= 0.3 is 0 Å². The first kappa shape index (κ1) is 16.6. The highest BCUT2D eigenvalue weighted by molar-refractivity contribution is 5.92. The summed E-state index contributed by atoms with van der Waals surface area (Å²) in [6.07, 6.45) is 4.83. The van der Waals surface area contributed by atoms with Crippen LogP contribution in [0.1, 0.15) is 31.9 Å². The van der Waals surface area contributed by atoms with E-state index in [1.165, 1.54) is 0 Å². The average molecular weight is 382 g/mol. The lowest BCUT2D eigenvalue weighted by molar-refractivity contribution is -0.124. The van der Waals surface area contributed by atoms with Gasteiger partial charge in [0.2, 0.25) is 5.95 Å². The molecule has 29 heavy (non-hydrogen) atoms. The van der Waals surface area contributed by atoms with E-state index < -0.39 is 0 Å². The molecule has 0 spiro atoms. The number of para-hydroxylation sites is 3. The lowest BCUT2D eigenvalue weighted by atomic mass is 9.72. The second kappa shape index (κ2) is 5.60. The molecule has 0 amide bonds. The molecular weight excluding hydrogens is 360 g/mol. The number of aromatic amines is 1. The van der Waals surface area contributed by atoms with Crippen molar-refractivity contribution in [2.45, 2.75) is 26.3 Å². The summed E-state index contributed by atoms with van der Waals surface area (Å²) in [5.41, 5.74) is 5.02. The van der Waals surface area contributed by atoms with E-state index in [4.69, 9.17) is 4.98 Å². The molecule has 6 rings (SSSR count). The summed E-state index contributed by atoms with van der Waals surface area (Å²) in [6.45, 7) is 4.24. The van der Waals surface area contributed by atoms with Crippen molar-refractivity contribution in [3.8, 4) is 0 Å². The van der Waals surface area contributed by atoms with Crippen LogP contribution >= 0.6 is 0 Å². The first-order chi connectivity index (χ1) is 14.0. The number of aromatic nitrogens is 3. The van der Waals surface area contributed by atoms with Crippen LogP contribution in [0.25, 0.3) is 21.9 Å². The van der Waals surface area contributed by atoms with Crippen LogP contribution in [0.4, 0.5) is 5.95 Å². The van der Waals surface area contributed by atoms with E-state index in [2.05, 4.69) is 65.3 Å². The van der Waals surface area contributed by atoms with E-state index in [-0.39, 0.29) is 23.2 Å². The number of rotatable bonds is 1. The van der Waals surface area contributed by atoms with Gasteiger partial charge in [-0.05, 0) is 23.6 Å². The van der Waals surface area contributed by atoms with Crippen molar-refractivity contribution in [1.29, 1.82) is 0 Å². The maximum atomic E-state index is 13.4. The van der Waals surface area contributed by atoms with Gasteiger partial charge in [-0.3, -0.25) is 4.79 Å². The molecular formula is C24H22N4O. The van der Waals surface area contributed by atoms with E-state index in [1.807, 2.05) is 24.3 Å². The van der Waals surface area contributed by atoms with Crippen LogP contribution < -0.4 is 5.32 Å². The molecule has 2 atom stereocenters. The number of fused-ring (bicyclic) bond motifs is 5. The molecule has 0 unspecified atom stereocenters. The Morgan fingerprint density at radius 2 is 1.90 bits per heavy atom. The highest BCUT2D eigenvalue weighted by Gasteiger charge is 2.45. The van der Waals surface area contributed by atoms with Crippen molar-refractivity contribution in [3.63, 3.8) is 0 Å². The third-order valence-electron chi connectivity index (χ3n) is 6.24. The summed E-state index contributed by atoms with van der Waals surface area (Å²) in [7, 11) is 0. The third kappa shape index (κ3) is 2.33. The number of Topliss-reactive ketones (excluding diaryl/α,β-unsaturated/α-hetero) is 1. The van der Waals surface area contributed by atoms with Gasteiger partial charge in [-0.25, -0.2) is 4.98 Å². The highest BCUT2D eigenvalue weighted by atomic mass is 16.1. The van der Waals surface area contributed by atoms with Crippen LogP contribution in [-0.2, 0) is 4.79 Å². The molecule has 2 aliphatic rings. The van der Waals surface area contributed by atoms with Gasteiger partial charge in [0.1, 0.15) is 5.78 Å². The predicted octanol–water partition coefficient (Wildman–Crippen LogP) is 5.03. The predicted molar refractivity (Wildman–Crippen MR) is 115 cm³/mol. The molecule has 1 aliphatic heterocycles. The Kier molecular flexibility index (Phi) is 3.20. The lowest BCUT2D eigenvalue weighted by Gasteiger charge is -2.41. The van der Waals surface area contributed by atoms with Gasteiger partial charge in [0.05, 0.1) is 23.0 Å². The zero-order chi connectivity index (χ0) is 19.8. The molecule has 2 aromatic carbocycles. The molecule has 2 N–H and O–H groups in total. The van der Waals surface area contributed by atoms with E-state index >= 15 is 0 Å². The second-order valence-corrected chi connectivity index (χ2v) is 8.86. The average Bonchev–Trinajstić information content (AvgIpc) is 3.26. The van der Waals surface area contributed by atoms with E-state index in [9.17, 15) is 4.79 Å². The Hall–Kier alpha value is -3.34. The first-order valence-electron chi connectivity index (χ1n) is 10.1. The smallest absolute Gasteiger partial charge is 0.208 e. The number of carbonyl (C=O) groups is 1. The van der Waals surface area contributed by atoms with Gasteiger partial charge in [0, 0.05) is 34.8 Å². The Bertz CT molecular complexity index is 1320. The lowest BCUT2D eigenvalue weighted by Crippen LogP contribution is -2.41. The quantitative estimate of drug-likeness (QED) is 0.485. The van der Waals surface area contributed by atoms with Gasteiger partial charge in [-0.1, -0.05) is 50.3 Å². The number of anilines is 1. The number of hydrogen-bond donors (Lipinski definition) is 2. The molecule has 0 fully saturated rings. The summed E-state index contributed by atoms with van der Waals surface area (Å²) < 4.78 is 2.21. The van der Waals surface area contributed by atoms with Crippen molar-refractivity contribution in [1.82, 2.24) is 14.5 Å². The minimum absolute atomic E-state index is 0.135. The Morgan fingerprint density at radius 1 is 1.10 bits per heavy atom. The Labute approximate surface area is 168 Å². The molecule has 144 valence electrons. The number of benzene rings is 2. The molecule has 5 nitrogen and oxygen atoms in total. The third-order valence-corrected chi connectivity index (χ3v) is 6.24. The number of nitrogens with zero attached hydrogens (tertiary/aromatic N) is 2. The molecule has 5 heteroatoms. The topological polar surface area (TPSA) is 62.7 Å². The molecule has 0 bridgehead atoms. The van der Waals surface area contributed by atoms with E-state index in [0.717, 1.165) is 39.1 Å². The fraction of sp³-hybridized carbons (Fsp3) is 0.250. The second-order valence-electron chi connectivity index (χ2n) is 8.86. The molecule has 2 aromatic heterocycles. The van der Waals surface area contributed by atoms with Crippen molar-refractivity contribution in [2.24, 2.45) is 11.3 Å². The summed E-state index contributed by atoms with van der Waals surface area (Å²) in [4.78, 5) is 21.7. The Balaban J connectivity index is 1.68. The van der Waals surface area contributed by atoms with Crippen molar-refractivity contribution in [3.05, 3.63) is 72.1 Å². The van der Waals surface area contributed by atoms with Crippen molar-refractivity contribution >= 4 is 33.7 Å². The molecule has 0 radical (unpaired) electrons. The SMILES string of the molecule is CC1(C)C=C2Nc3nc4ccccc4n3[C@H](c3c[nH]c4ccccc34)[C@H]2C(=O)C1. The molecule has 3 heterocycles. The number of nitrogens with one attached hydrogen (secondary N) is 2. The summed E-state index contributed by atoms with van der Waals surface area (Å²) >= 11 is 0. The number of imidazole rings is 1. The number of H-pyrrole nitrogens is 1. The van der Waals surface area contributed by atoms with E-state index in [1.54, 1.807) is 0 Å². The fourth-order valence-corrected chi connectivity index (χ4v) is 5.10. The zero-order valence-electron chi connectivity index (χ0n) is 16.4. The maximum absolute atomic E-state index is 13.4. The van der Waals surface area contributed by atoms with Crippen LogP contribution in [0.2, 0.25) is 0 Å². The van der Waals surface area contributed by atoms with Crippen LogP contribution in [0.3, 0.4) is 0 Å². The van der Waals surface area contributed by atoms with Crippen LogP contribution in [0.15, 0.2) is 66.5 Å². The normalized spacial score (nSPS) is 22.8.